The molecule has 2 aromatic carbocycles. The van der Waals surface area contributed by atoms with Crippen LogP contribution in [0.25, 0.3) is 0 Å². The van der Waals surface area contributed by atoms with Crippen molar-refractivity contribution in [3.8, 4) is 5.75 Å². The average molecular weight is 288 g/mol. The fraction of sp³-hybridized carbons (Fsp3) is 0.0667. The summed E-state index contributed by atoms with van der Waals surface area (Å²) < 4.78 is 0. The van der Waals surface area contributed by atoms with Gasteiger partial charge in [0, 0.05) is 21.7 Å². The second kappa shape index (κ2) is 4.98. The molecule has 0 fully saturated rings. The third-order valence-electron chi connectivity index (χ3n) is 3.06. The van der Waals surface area contributed by atoms with E-state index in [9.17, 15) is 9.59 Å². The normalized spacial score (nSPS) is 13.2. The number of carbonyl (C=O) groups excluding carboxylic acids is 2. The molecule has 20 heavy (non-hydrogen) atoms. The van der Waals surface area contributed by atoms with Gasteiger partial charge in [0.05, 0.1) is 6.42 Å². The summed E-state index contributed by atoms with van der Waals surface area (Å²) in [6.07, 6.45) is 0.255. The van der Waals surface area contributed by atoms with Gasteiger partial charge in [-0.2, -0.15) is 5.48 Å². The summed E-state index contributed by atoms with van der Waals surface area (Å²) in [6.45, 7) is 0. The van der Waals surface area contributed by atoms with Crippen LogP contribution in [-0.2, 0) is 11.2 Å². The number of benzene rings is 2. The van der Waals surface area contributed by atoms with Gasteiger partial charge in [-0.1, -0.05) is 23.7 Å². The van der Waals surface area contributed by atoms with Gasteiger partial charge in [0.1, 0.15) is 0 Å². The molecule has 3 rings (SSSR count). The zero-order chi connectivity index (χ0) is 14.1. The largest absolute Gasteiger partial charge is 0.379 e. The Hall–Kier alpha value is -2.33. The van der Waals surface area contributed by atoms with E-state index in [0.29, 0.717) is 21.9 Å². The summed E-state index contributed by atoms with van der Waals surface area (Å²) >= 11 is 5.80. The van der Waals surface area contributed by atoms with Crippen LogP contribution in [0.5, 0.6) is 5.75 Å². The van der Waals surface area contributed by atoms with Gasteiger partial charge in [-0.05, 0) is 30.3 Å². The number of hydroxylamine groups is 1. The van der Waals surface area contributed by atoms with Gasteiger partial charge < -0.3 is 4.84 Å². The maximum atomic E-state index is 12.3. The van der Waals surface area contributed by atoms with Crippen molar-refractivity contribution in [2.45, 2.75) is 6.42 Å². The number of hydrogen-bond acceptors (Lipinski definition) is 3. The first-order chi connectivity index (χ1) is 9.63. The number of halogens is 1. The Morgan fingerprint density at radius 1 is 1.10 bits per heavy atom. The summed E-state index contributed by atoms with van der Waals surface area (Å²) in [6, 6.07) is 11.7. The monoisotopic (exact) mass is 287 g/mol. The molecule has 0 bridgehead atoms. The lowest BCUT2D eigenvalue weighted by molar-refractivity contribution is -0.128. The topological polar surface area (TPSA) is 55.4 Å². The molecule has 0 saturated carbocycles. The molecule has 1 aliphatic heterocycles. The third kappa shape index (κ3) is 2.38. The zero-order valence-corrected chi connectivity index (χ0v) is 11.1. The van der Waals surface area contributed by atoms with E-state index >= 15 is 0 Å². The predicted molar refractivity (Wildman–Crippen MR) is 73.8 cm³/mol. The number of nitrogens with one attached hydrogen (secondary N) is 1. The van der Waals surface area contributed by atoms with Crippen molar-refractivity contribution in [1.82, 2.24) is 5.48 Å². The minimum absolute atomic E-state index is 0.120. The second-order valence-electron chi connectivity index (χ2n) is 4.46. The van der Waals surface area contributed by atoms with E-state index in [1.54, 1.807) is 42.5 Å². The van der Waals surface area contributed by atoms with Crippen molar-refractivity contribution >= 4 is 23.3 Å². The lowest BCUT2D eigenvalue weighted by Gasteiger charge is -2.17. The van der Waals surface area contributed by atoms with Crippen LogP contribution in [0.4, 0.5) is 0 Å². The van der Waals surface area contributed by atoms with E-state index < -0.39 is 0 Å². The average Bonchev–Trinajstić information content (AvgIpc) is 2.47. The summed E-state index contributed by atoms with van der Waals surface area (Å²) in [5.41, 5.74) is 4.10. The fourth-order valence-electron chi connectivity index (χ4n) is 2.03. The highest BCUT2D eigenvalue weighted by Gasteiger charge is 2.19. The number of amides is 1. The van der Waals surface area contributed by atoms with E-state index in [-0.39, 0.29) is 18.1 Å². The number of ketones is 1. The van der Waals surface area contributed by atoms with Crippen molar-refractivity contribution in [2.75, 3.05) is 0 Å². The van der Waals surface area contributed by atoms with Gasteiger partial charge in [-0.15, -0.1) is 0 Å². The highest BCUT2D eigenvalue weighted by atomic mass is 35.5. The molecule has 0 unspecified atom stereocenters. The van der Waals surface area contributed by atoms with E-state index in [4.69, 9.17) is 16.4 Å². The van der Waals surface area contributed by atoms with E-state index in [2.05, 4.69) is 5.48 Å². The number of hydrogen-bond donors (Lipinski definition) is 1. The SMILES string of the molecule is O=C1Cc2ccc(C(=O)c3ccc(Cl)cc3)cc2ON1. The van der Waals surface area contributed by atoms with Crippen molar-refractivity contribution in [3.05, 3.63) is 64.2 Å². The van der Waals surface area contributed by atoms with Crippen LogP contribution in [0.15, 0.2) is 42.5 Å². The molecule has 1 N–H and O–H groups in total. The molecule has 1 aliphatic rings. The summed E-state index contributed by atoms with van der Waals surface area (Å²) in [5, 5.41) is 0.582. The van der Waals surface area contributed by atoms with Gasteiger partial charge in [0.15, 0.2) is 11.5 Å². The van der Waals surface area contributed by atoms with Crippen molar-refractivity contribution < 1.29 is 14.4 Å². The highest BCUT2D eigenvalue weighted by molar-refractivity contribution is 6.30. The molecule has 100 valence electrons. The molecule has 1 heterocycles. The van der Waals surface area contributed by atoms with Crippen molar-refractivity contribution in [1.29, 1.82) is 0 Å². The third-order valence-corrected chi connectivity index (χ3v) is 3.31. The summed E-state index contributed by atoms with van der Waals surface area (Å²) in [5.74, 6) is 0.184. The van der Waals surface area contributed by atoms with E-state index in [1.807, 2.05) is 0 Å². The zero-order valence-electron chi connectivity index (χ0n) is 10.4. The summed E-state index contributed by atoms with van der Waals surface area (Å²) in [4.78, 5) is 28.6. The molecule has 0 saturated heterocycles. The minimum Gasteiger partial charge on any atom is -0.379 e. The minimum atomic E-state index is -0.200. The lowest BCUT2D eigenvalue weighted by Crippen LogP contribution is -2.33. The van der Waals surface area contributed by atoms with E-state index in [1.165, 1.54) is 0 Å². The number of fused-ring (bicyclic) bond motifs is 1. The molecular formula is C15H10ClNO3. The first-order valence-electron chi connectivity index (χ1n) is 6.02. The molecule has 5 heteroatoms. The van der Waals surface area contributed by atoms with Crippen LogP contribution in [0.2, 0.25) is 5.02 Å². The maximum Gasteiger partial charge on any atom is 0.257 e. The molecule has 0 aromatic heterocycles. The first kappa shape index (κ1) is 12.7. The van der Waals surface area contributed by atoms with Crippen LogP contribution in [-0.4, -0.2) is 11.7 Å². The molecule has 1 amide bonds. The molecule has 0 atom stereocenters. The van der Waals surface area contributed by atoms with Crippen LogP contribution < -0.4 is 10.3 Å². The number of carbonyl (C=O) groups is 2. The Bertz CT molecular complexity index is 695. The van der Waals surface area contributed by atoms with Crippen LogP contribution >= 0.6 is 11.6 Å². The smallest absolute Gasteiger partial charge is 0.257 e. The predicted octanol–water partition coefficient (Wildman–Crippen LogP) is 2.54. The molecule has 2 aromatic rings. The lowest BCUT2D eigenvalue weighted by atomic mass is 10.00. The van der Waals surface area contributed by atoms with Crippen molar-refractivity contribution in [2.24, 2.45) is 0 Å². The Morgan fingerprint density at radius 2 is 1.80 bits per heavy atom. The van der Waals surface area contributed by atoms with E-state index in [0.717, 1.165) is 5.56 Å². The highest BCUT2D eigenvalue weighted by Crippen LogP contribution is 2.24. The Kier molecular flexibility index (Phi) is 3.16. The fourth-order valence-corrected chi connectivity index (χ4v) is 2.15. The Labute approximate surface area is 120 Å². The second-order valence-corrected chi connectivity index (χ2v) is 4.90. The molecule has 4 nitrogen and oxygen atoms in total. The van der Waals surface area contributed by atoms with Gasteiger partial charge >= 0.3 is 0 Å². The first-order valence-corrected chi connectivity index (χ1v) is 6.40. The molecular weight excluding hydrogens is 278 g/mol. The Balaban J connectivity index is 1.93. The quantitative estimate of drug-likeness (QED) is 0.864. The van der Waals surface area contributed by atoms with Crippen molar-refractivity contribution in [3.63, 3.8) is 0 Å². The molecule has 0 aliphatic carbocycles. The van der Waals surface area contributed by atoms with Gasteiger partial charge in [0.2, 0.25) is 0 Å². The van der Waals surface area contributed by atoms with Gasteiger partial charge in [-0.25, -0.2) is 0 Å². The maximum absolute atomic E-state index is 12.3. The standard InChI is InChI=1S/C15H10ClNO3/c16-12-5-3-9(4-6-12)15(19)11-2-1-10-8-14(18)17-20-13(10)7-11/h1-7H,8H2,(H,17,18). The molecule has 0 radical (unpaired) electrons. The molecule has 0 spiro atoms. The van der Waals surface area contributed by atoms with Gasteiger partial charge in [0.25, 0.3) is 5.91 Å². The van der Waals surface area contributed by atoms with Crippen LogP contribution in [0, 0.1) is 0 Å². The van der Waals surface area contributed by atoms with Crippen LogP contribution in [0.1, 0.15) is 21.5 Å². The number of rotatable bonds is 2. The Morgan fingerprint density at radius 3 is 2.55 bits per heavy atom. The van der Waals surface area contributed by atoms with Gasteiger partial charge in [-0.3, -0.25) is 9.59 Å². The van der Waals surface area contributed by atoms with Crippen LogP contribution in [0.3, 0.4) is 0 Å². The summed E-state index contributed by atoms with van der Waals surface area (Å²) in [7, 11) is 0.